The third-order valence-electron chi connectivity index (χ3n) is 8.99. The van der Waals surface area contributed by atoms with Crippen LogP contribution in [0, 0.1) is 28.6 Å². The Hall–Kier alpha value is -2.57. The highest BCUT2D eigenvalue weighted by Crippen LogP contribution is 2.65. The van der Waals surface area contributed by atoms with E-state index in [1.807, 2.05) is 26.0 Å². The van der Waals surface area contributed by atoms with Gasteiger partial charge in [0.05, 0.1) is 23.4 Å². The van der Waals surface area contributed by atoms with Gasteiger partial charge in [0.2, 0.25) is 18.6 Å². The van der Waals surface area contributed by atoms with Gasteiger partial charge < -0.3 is 19.7 Å². The summed E-state index contributed by atoms with van der Waals surface area (Å²) in [6, 6.07) is 6.04. The maximum Gasteiger partial charge on any atom is 0.231 e. The number of para-hydroxylation sites is 1. The van der Waals surface area contributed by atoms with Crippen LogP contribution in [0.5, 0.6) is 11.5 Å². The Bertz CT molecular complexity index is 1030. The number of amides is 2. The number of ether oxygens (including phenoxy) is 2. The van der Waals surface area contributed by atoms with Gasteiger partial charge in [0, 0.05) is 11.6 Å². The molecule has 3 unspecified atom stereocenters. The fraction of sp³-hybridized carbons (Fsp3) is 0.654. The van der Waals surface area contributed by atoms with Gasteiger partial charge in [-0.3, -0.25) is 14.4 Å². The number of carbonyl (C=O) groups is 3. The Morgan fingerprint density at radius 1 is 1.12 bits per heavy atom. The van der Waals surface area contributed by atoms with Crippen molar-refractivity contribution in [3.8, 4) is 11.5 Å². The average Bonchev–Trinajstić information content (AvgIpc) is 3.25. The third-order valence-corrected chi connectivity index (χ3v) is 8.99. The first-order valence-electron chi connectivity index (χ1n) is 12.2. The van der Waals surface area contributed by atoms with Crippen LogP contribution in [0.3, 0.4) is 0 Å². The van der Waals surface area contributed by atoms with Crippen molar-refractivity contribution in [3.05, 3.63) is 23.8 Å². The SMILES string of the molecule is CC(=O)CNC(=O)[C@]12CC3CC(C1)[C@@H](N1C(=O)C(C)(C)C1c1cccc4c1OCO4)C(C3)C2. The van der Waals surface area contributed by atoms with Crippen molar-refractivity contribution < 1.29 is 23.9 Å². The van der Waals surface area contributed by atoms with Crippen LogP contribution in [0.4, 0.5) is 0 Å². The summed E-state index contributed by atoms with van der Waals surface area (Å²) in [6.07, 6.45) is 4.67. The molecule has 1 N–H and O–H groups in total. The van der Waals surface area contributed by atoms with E-state index in [9.17, 15) is 14.4 Å². The molecule has 7 heteroatoms. The van der Waals surface area contributed by atoms with Crippen molar-refractivity contribution in [2.24, 2.45) is 28.6 Å². The summed E-state index contributed by atoms with van der Waals surface area (Å²) in [6.45, 7) is 5.87. The van der Waals surface area contributed by atoms with E-state index in [0.717, 1.165) is 49.2 Å². The number of benzene rings is 1. The van der Waals surface area contributed by atoms with Crippen LogP contribution in [0.2, 0.25) is 0 Å². The van der Waals surface area contributed by atoms with Crippen molar-refractivity contribution in [2.45, 2.75) is 65.0 Å². The number of likely N-dealkylation sites (tertiary alicyclic amines) is 1. The van der Waals surface area contributed by atoms with Crippen molar-refractivity contribution in [1.82, 2.24) is 10.2 Å². The predicted octanol–water partition coefficient (Wildman–Crippen LogP) is 3.22. The number of fused-ring (bicyclic) bond motifs is 1. The normalized spacial score (nSPS) is 37.1. The molecule has 0 radical (unpaired) electrons. The Balaban J connectivity index is 1.31. The van der Waals surface area contributed by atoms with E-state index in [0.29, 0.717) is 17.8 Å². The van der Waals surface area contributed by atoms with Crippen molar-refractivity contribution >= 4 is 17.6 Å². The first kappa shape index (κ1) is 21.0. The molecule has 4 saturated carbocycles. The second kappa shape index (κ2) is 6.97. The van der Waals surface area contributed by atoms with Crippen LogP contribution in [0.25, 0.3) is 0 Å². The molecule has 2 heterocycles. The lowest BCUT2D eigenvalue weighted by Gasteiger charge is -2.66. The monoisotopic (exact) mass is 452 g/mol. The van der Waals surface area contributed by atoms with E-state index in [1.165, 1.54) is 6.92 Å². The molecule has 6 aliphatic rings. The minimum atomic E-state index is -0.508. The Kier molecular flexibility index (Phi) is 4.43. The number of rotatable bonds is 5. The molecule has 1 aromatic rings. The Labute approximate surface area is 194 Å². The second-order valence-electron chi connectivity index (χ2n) is 11.5. The smallest absolute Gasteiger partial charge is 0.231 e. The number of Topliss-reactive ketones (excluding diaryl/α,β-unsaturated/α-hetero) is 1. The van der Waals surface area contributed by atoms with Crippen molar-refractivity contribution in [3.63, 3.8) is 0 Å². The zero-order chi connectivity index (χ0) is 23.1. The molecular weight excluding hydrogens is 420 g/mol. The van der Waals surface area contributed by atoms with Gasteiger partial charge in [-0.2, -0.15) is 0 Å². The quantitative estimate of drug-likeness (QED) is 0.694. The minimum absolute atomic E-state index is 0.0243. The zero-order valence-electron chi connectivity index (χ0n) is 19.6. The van der Waals surface area contributed by atoms with Gasteiger partial charge in [-0.05, 0) is 76.7 Å². The van der Waals surface area contributed by atoms with Crippen LogP contribution in [-0.2, 0) is 14.4 Å². The van der Waals surface area contributed by atoms with E-state index in [2.05, 4.69) is 16.3 Å². The lowest BCUT2D eigenvalue weighted by atomic mass is 9.46. The predicted molar refractivity (Wildman–Crippen MR) is 119 cm³/mol. The number of hydrogen-bond acceptors (Lipinski definition) is 5. The summed E-state index contributed by atoms with van der Waals surface area (Å²) in [5.74, 6) is 2.87. The highest BCUT2D eigenvalue weighted by molar-refractivity contribution is 5.91. The van der Waals surface area contributed by atoms with Crippen LogP contribution in [0.1, 0.15) is 64.5 Å². The second-order valence-corrected chi connectivity index (χ2v) is 11.5. The summed E-state index contributed by atoms with van der Waals surface area (Å²) in [7, 11) is 0. The Morgan fingerprint density at radius 2 is 1.85 bits per heavy atom. The number of β-lactam (4-membered cyclic amide) rings is 1. The maximum absolute atomic E-state index is 13.5. The van der Waals surface area contributed by atoms with Gasteiger partial charge in [0.25, 0.3) is 0 Å². The van der Waals surface area contributed by atoms with Crippen LogP contribution in [-0.4, -0.2) is 41.9 Å². The molecule has 7 nitrogen and oxygen atoms in total. The molecule has 0 spiro atoms. The molecule has 1 saturated heterocycles. The van der Waals surface area contributed by atoms with Gasteiger partial charge in [0.1, 0.15) is 5.78 Å². The van der Waals surface area contributed by atoms with E-state index >= 15 is 0 Å². The van der Waals surface area contributed by atoms with Crippen LogP contribution >= 0.6 is 0 Å². The van der Waals surface area contributed by atoms with E-state index in [-0.39, 0.29) is 48.4 Å². The van der Waals surface area contributed by atoms with Crippen LogP contribution in [0.15, 0.2) is 18.2 Å². The topological polar surface area (TPSA) is 84.9 Å². The fourth-order valence-electron chi connectivity index (χ4n) is 7.98. The zero-order valence-corrected chi connectivity index (χ0v) is 19.6. The largest absolute Gasteiger partial charge is 0.454 e. The minimum Gasteiger partial charge on any atom is -0.454 e. The molecule has 3 atom stereocenters. The molecule has 2 amide bonds. The third kappa shape index (κ3) is 2.90. The Morgan fingerprint density at radius 3 is 2.55 bits per heavy atom. The molecule has 2 aliphatic heterocycles. The highest BCUT2D eigenvalue weighted by atomic mass is 16.7. The first-order chi connectivity index (χ1) is 15.7. The molecule has 4 aliphatic carbocycles. The summed E-state index contributed by atoms with van der Waals surface area (Å²) in [5.41, 5.74) is 0.135. The molecule has 1 aromatic carbocycles. The average molecular weight is 453 g/mol. The van der Waals surface area contributed by atoms with E-state index in [4.69, 9.17) is 9.47 Å². The lowest BCUT2D eigenvalue weighted by molar-refractivity contribution is -0.199. The van der Waals surface area contributed by atoms with Gasteiger partial charge in [-0.15, -0.1) is 0 Å². The van der Waals surface area contributed by atoms with Gasteiger partial charge in [-0.1, -0.05) is 12.1 Å². The maximum atomic E-state index is 13.5. The number of nitrogens with one attached hydrogen (secondary N) is 1. The molecular formula is C26H32N2O5. The summed E-state index contributed by atoms with van der Waals surface area (Å²) < 4.78 is 11.4. The van der Waals surface area contributed by atoms with E-state index < -0.39 is 5.41 Å². The number of nitrogens with zero attached hydrogens (tertiary/aromatic N) is 1. The molecule has 176 valence electrons. The molecule has 5 fully saturated rings. The van der Waals surface area contributed by atoms with E-state index in [1.54, 1.807) is 0 Å². The number of hydrogen-bond donors (Lipinski definition) is 1. The van der Waals surface area contributed by atoms with Gasteiger partial charge >= 0.3 is 0 Å². The van der Waals surface area contributed by atoms with Crippen molar-refractivity contribution in [2.75, 3.05) is 13.3 Å². The fourth-order valence-corrected chi connectivity index (χ4v) is 7.98. The number of ketones is 1. The lowest BCUT2D eigenvalue weighted by Crippen LogP contribution is -2.71. The first-order valence-corrected chi connectivity index (χ1v) is 12.2. The standard InChI is InChI=1S/C26H32N2O5/c1-14(29)12-27-23(30)26-9-15-7-16(10-26)20(17(8-15)11-26)28-22(25(2,3)24(28)31)18-5-4-6-19-21(18)33-13-32-19/h4-6,15-17,20,22H,7-13H2,1-3H3,(H,27,30)/t15?,16?,17?,20-,22?,26-. The molecule has 33 heavy (non-hydrogen) atoms. The highest BCUT2D eigenvalue weighted by Gasteiger charge is 2.66. The van der Waals surface area contributed by atoms with Crippen molar-refractivity contribution in [1.29, 1.82) is 0 Å². The summed E-state index contributed by atoms with van der Waals surface area (Å²) >= 11 is 0. The molecule has 7 rings (SSSR count). The van der Waals surface area contributed by atoms with Gasteiger partial charge in [0.15, 0.2) is 11.5 Å². The summed E-state index contributed by atoms with van der Waals surface area (Å²) in [4.78, 5) is 40.3. The van der Waals surface area contributed by atoms with Crippen LogP contribution < -0.4 is 14.8 Å². The number of carbonyl (C=O) groups excluding carboxylic acids is 3. The van der Waals surface area contributed by atoms with Gasteiger partial charge in [-0.25, -0.2) is 0 Å². The molecule has 4 bridgehead atoms. The summed E-state index contributed by atoms with van der Waals surface area (Å²) in [5, 5.41) is 2.90. The molecule has 0 aromatic heterocycles.